The molecule has 3 atom stereocenters. The third-order valence-corrected chi connectivity index (χ3v) is 4.92. The predicted molar refractivity (Wildman–Crippen MR) is 72.9 cm³/mol. The summed E-state index contributed by atoms with van der Waals surface area (Å²) >= 11 is 9.44. The van der Waals surface area contributed by atoms with Gasteiger partial charge in [0.1, 0.15) is 0 Å². The molecular formula is C13H13BrClNO2. The Kier molecular flexibility index (Phi) is 3.34. The molecule has 2 saturated heterocycles. The summed E-state index contributed by atoms with van der Waals surface area (Å²) in [6, 6.07) is 5.49. The van der Waals surface area contributed by atoms with Crippen molar-refractivity contribution in [2.45, 2.75) is 37.5 Å². The lowest BCUT2D eigenvalue weighted by molar-refractivity contribution is 0.0841. The third kappa shape index (κ3) is 2.17. The van der Waals surface area contributed by atoms with E-state index < -0.39 is 0 Å². The summed E-state index contributed by atoms with van der Waals surface area (Å²) in [5.74, 6) is -0.123. The Morgan fingerprint density at radius 2 is 2.28 bits per heavy atom. The minimum Gasteiger partial charge on any atom is -0.373 e. The van der Waals surface area contributed by atoms with Crippen LogP contribution in [0.4, 0.5) is 0 Å². The standard InChI is InChI=1S/C13H13BrClNO2/c14-9-3-1-2-8(12(9)15)13(17)16-10-6-7-4-5-11(10)18-7/h1-3,7,10-11H,4-6H2,(H,16,17). The number of hydrogen-bond acceptors (Lipinski definition) is 2. The van der Waals surface area contributed by atoms with Crippen molar-refractivity contribution in [2.24, 2.45) is 0 Å². The summed E-state index contributed by atoms with van der Waals surface area (Å²) < 4.78 is 6.46. The number of amides is 1. The number of carbonyl (C=O) groups excluding carboxylic acids is 1. The zero-order valence-electron chi connectivity index (χ0n) is 9.66. The molecule has 0 spiro atoms. The SMILES string of the molecule is O=C(NC1CC2CCC1O2)c1cccc(Br)c1Cl. The van der Waals surface area contributed by atoms with Crippen molar-refractivity contribution in [3.63, 3.8) is 0 Å². The monoisotopic (exact) mass is 329 g/mol. The third-order valence-electron chi connectivity index (χ3n) is 3.62. The normalized spacial score (nSPS) is 29.6. The van der Waals surface area contributed by atoms with Crippen LogP contribution in [0, 0.1) is 0 Å². The van der Waals surface area contributed by atoms with Crippen LogP contribution in [-0.4, -0.2) is 24.2 Å². The van der Waals surface area contributed by atoms with Gasteiger partial charge in [-0.1, -0.05) is 17.7 Å². The van der Waals surface area contributed by atoms with E-state index in [1.165, 1.54) is 0 Å². The molecule has 0 radical (unpaired) electrons. The highest BCUT2D eigenvalue weighted by atomic mass is 79.9. The van der Waals surface area contributed by atoms with E-state index >= 15 is 0 Å². The Bertz CT molecular complexity index is 494. The van der Waals surface area contributed by atoms with Gasteiger partial charge < -0.3 is 10.1 Å². The van der Waals surface area contributed by atoms with Crippen LogP contribution in [0.2, 0.25) is 5.02 Å². The predicted octanol–water partition coefficient (Wildman–Crippen LogP) is 3.15. The lowest BCUT2D eigenvalue weighted by Crippen LogP contribution is -2.41. The number of benzene rings is 1. The smallest absolute Gasteiger partial charge is 0.253 e. The first-order valence-corrected chi connectivity index (χ1v) is 7.22. The van der Waals surface area contributed by atoms with Gasteiger partial charge >= 0.3 is 0 Å². The van der Waals surface area contributed by atoms with E-state index in [2.05, 4.69) is 21.2 Å². The van der Waals surface area contributed by atoms with Crippen molar-refractivity contribution in [3.8, 4) is 0 Å². The highest BCUT2D eigenvalue weighted by Gasteiger charge is 2.41. The number of hydrogen-bond donors (Lipinski definition) is 1. The van der Waals surface area contributed by atoms with E-state index in [0.29, 0.717) is 16.7 Å². The second-order valence-electron chi connectivity index (χ2n) is 4.79. The molecule has 2 bridgehead atoms. The summed E-state index contributed by atoms with van der Waals surface area (Å²) in [7, 11) is 0. The Hall–Kier alpha value is -0.580. The van der Waals surface area contributed by atoms with Gasteiger partial charge in [-0.15, -0.1) is 0 Å². The van der Waals surface area contributed by atoms with Crippen molar-refractivity contribution in [1.29, 1.82) is 0 Å². The van der Waals surface area contributed by atoms with E-state index in [4.69, 9.17) is 16.3 Å². The molecule has 1 aromatic rings. The molecular weight excluding hydrogens is 318 g/mol. The second-order valence-corrected chi connectivity index (χ2v) is 6.02. The maximum Gasteiger partial charge on any atom is 0.253 e. The quantitative estimate of drug-likeness (QED) is 0.904. The zero-order valence-corrected chi connectivity index (χ0v) is 12.0. The minimum atomic E-state index is -0.123. The number of halogens is 2. The molecule has 5 heteroatoms. The van der Waals surface area contributed by atoms with Crippen LogP contribution in [0.15, 0.2) is 22.7 Å². The van der Waals surface area contributed by atoms with Crippen LogP contribution in [0.3, 0.4) is 0 Å². The maximum atomic E-state index is 12.2. The Morgan fingerprint density at radius 1 is 1.44 bits per heavy atom. The van der Waals surface area contributed by atoms with Crippen molar-refractivity contribution < 1.29 is 9.53 Å². The molecule has 1 N–H and O–H groups in total. The van der Waals surface area contributed by atoms with Gasteiger partial charge in [-0.25, -0.2) is 0 Å². The van der Waals surface area contributed by atoms with E-state index in [1.807, 2.05) is 12.1 Å². The molecule has 18 heavy (non-hydrogen) atoms. The van der Waals surface area contributed by atoms with Crippen LogP contribution >= 0.6 is 27.5 Å². The van der Waals surface area contributed by atoms with E-state index in [1.54, 1.807) is 6.07 Å². The van der Waals surface area contributed by atoms with Gasteiger partial charge in [-0.3, -0.25) is 4.79 Å². The average molecular weight is 331 g/mol. The molecule has 2 aliphatic rings. The Balaban J connectivity index is 1.73. The first kappa shape index (κ1) is 12.5. The fourth-order valence-corrected chi connectivity index (χ4v) is 3.29. The molecule has 0 aromatic heterocycles. The molecule has 2 fully saturated rings. The van der Waals surface area contributed by atoms with Gasteiger partial charge in [0, 0.05) is 4.47 Å². The lowest BCUT2D eigenvalue weighted by atomic mass is 9.95. The van der Waals surface area contributed by atoms with Gasteiger partial charge in [0.2, 0.25) is 0 Å². The number of rotatable bonds is 2. The fraction of sp³-hybridized carbons (Fsp3) is 0.462. The summed E-state index contributed by atoms with van der Waals surface area (Å²) in [5, 5.41) is 3.48. The van der Waals surface area contributed by atoms with Crippen LogP contribution in [0.1, 0.15) is 29.6 Å². The van der Waals surface area contributed by atoms with Crippen LogP contribution in [-0.2, 0) is 4.74 Å². The molecule has 0 saturated carbocycles. The van der Waals surface area contributed by atoms with E-state index in [-0.39, 0.29) is 18.1 Å². The Morgan fingerprint density at radius 3 is 2.94 bits per heavy atom. The number of ether oxygens (including phenoxy) is 1. The molecule has 0 aliphatic carbocycles. The van der Waals surface area contributed by atoms with Crippen molar-refractivity contribution in [3.05, 3.63) is 33.3 Å². The topological polar surface area (TPSA) is 38.3 Å². The maximum absolute atomic E-state index is 12.2. The average Bonchev–Trinajstić information content (AvgIpc) is 2.94. The highest BCUT2D eigenvalue weighted by Crippen LogP contribution is 2.34. The van der Waals surface area contributed by atoms with Crippen LogP contribution in [0.5, 0.6) is 0 Å². The van der Waals surface area contributed by atoms with Gasteiger partial charge in [-0.05, 0) is 47.3 Å². The molecule has 3 unspecified atom stereocenters. The van der Waals surface area contributed by atoms with Crippen LogP contribution < -0.4 is 5.32 Å². The highest BCUT2D eigenvalue weighted by molar-refractivity contribution is 9.10. The summed E-state index contributed by atoms with van der Waals surface area (Å²) in [5.41, 5.74) is 0.508. The molecule has 3 nitrogen and oxygen atoms in total. The molecule has 2 heterocycles. The van der Waals surface area contributed by atoms with E-state index in [0.717, 1.165) is 23.7 Å². The van der Waals surface area contributed by atoms with Gasteiger partial charge in [-0.2, -0.15) is 0 Å². The first-order valence-electron chi connectivity index (χ1n) is 6.05. The van der Waals surface area contributed by atoms with Gasteiger partial charge in [0.25, 0.3) is 5.91 Å². The van der Waals surface area contributed by atoms with Crippen molar-refractivity contribution >= 4 is 33.4 Å². The largest absolute Gasteiger partial charge is 0.373 e. The second kappa shape index (κ2) is 4.83. The number of fused-ring (bicyclic) bond motifs is 2. The van der Waals surface area contributed by atoms with Crippen molar-refractivity contribution in [1.82, 2.24) is 5.32 Å². The van der Waals surface area contributed by atoms with Gasteiger partial charge in [0.15, 0.2) is 0 Å². The lowest BCUT2D eigenvalue weighted by Gasteiger charge is -2.20. The fourth-order valence-electron chi connectivity index (χ4n) is 2.72. The molecule has 1 amide bonds. The zero-order chi connectivity index (χ0) is 12.7. The summed E-state index contributed by atoms with van der Waals surface area (Å²) in [4.78, 5) is 12.2. The summed E-state index contributed by atoms with van der Waals surface area (Å²) in [6.07, 6.45) is 3.60. The first-order chi connectivity index (χ1) is 8.65. The molecule has 2 aliphatic heterocycles. The van der Waals surface area contributed by atoms with Crippen molar-refractivity contribution in [2.75, 3.05) is 0 Å². The van der Waals surface area contributed by atoms with Gasteiger partial charge in [0.05, 0.1) is 28.8 Å². The number of nitrogens with one attached hydrogen (secondary N) is 1. The number of carbonyl (C=O) groups is 1. The molecule has 96 valence electrons. The molecule has 1 aromatic carbocycles. The summed E-state index contributed by atoms with van der Waals surface area (Å²) in [6.45, 7) is 0. The minimum absolute atomic E-state index is 0.123. The molecule has 3 rings (SSSR count). The van der Waals surface area contributed by atoms with E-state index in [9.17, 15) is 4.79 Å². The Labute approximate surface area is 119 Å². The van der Waals surface area contributed by atoms with Crippen LogP contribution in [0.25, 0.3) is 0 Å².